The standard InChI is InChI=1S/C21H25NO5/c1-22(2)11-12-27-20-14-18(26-4)10-7-16(20)13-19(21(23)24)15-5-8-17(25-3)9-6-15/h5-10,13-14H,11-12H2,1-4H3,(H,23,24)/b19-13-. The molecule has 144 valence electrons. The highest BCUT2D eigenvalue weighted by Crippen LogP contribution is 2.29. The highest BCUT2D eigenvalue weighted by atomic mass is 16.5. The van der Waals surface area contributed by atoms with E-state index in [4.69, 9.17) is 14.2 Å². The Morgan fingerprint density at radius 3 is 2.22 bits per heavy atom. The Balaban J connectivity index is 2.40. The van der Waals surface area contributed by atoms with Crippen molar-refractivity contribution in [3.05, 3.63) is 53.6 Å². The molecule has 6 heteroatoms. The number of carbonyl (C=O) groups is 1. The Kier molecular flexibility index (Phi) is 7.25. The van der Waals surface area contributed by atoms with Crippen LogP contribution in [-0.4, -0.2) is 57.4 Å². The molecular weight excluding hydrogens is 346 g/mol. The van der Waals surface area contributed by atoms with Gasteiger partial charge in [0, 0.05) is 18.2 Å². The molecular formula is C21H25NO5. The van der Waals surface area contributed by atoms with E-state index in [1.165, 1.54) is 0 Å². The fraction of sp³-hybridized carbons (Fsp3) is 0.286. The molecule has 0 atom stereocenters. The zero-order valence-corrected chi connectivity index (χ0v) is 16.1. The number of hydrogen-bond acceptors (Lipinski definition) is 5. The first-order chi connectivity index (χ1) is 12.9. The van der Waals surface area contributed by atoms with Crippen molar-refractivity contribution < 1.29 is 24.1 Å². The van der Waals surface area contributed by atoms with Crippen LogP contribution in [0, 0.1) is 0 Å². The van der Waals surface area contributed by atoms with Crippen LogP contribution in [-0.2, 0) is 4.79 Å². The van der Waals surface area contributed by atoms with E-state index in [2.05, 4.69) is 0 Å². The first-order valence-electron chi connectivity index (χ1n) is 8.49. The van der Waals surface area contributed by atoms with Crippen molar-refractivity contribution in [3.8, 4) is 17.2 Å². The predicted molar refractivity (Wildman–Crippen MR) is 106 cm³/mol. The highest BCUT2D eigenvalue weighted by Gasteiger charge is 2.13. The molecule has 6 nitrogen and oxygen atoms in total. The summed E-state index contributed by atoms with van der Waals surface area (Å²) in [6.45, 7) is 1.22. The monoisotopic (exact) mass is 371 g/mol. The Labute approximate surface area is 159 Å². The van der Waals surface area contributed by atoms with E-state index < -0.39 is 5.97 Å². The average Bonchev–Trinajstić information content (AvgIpc) is 2.66. The normalized spacial score (nSPS) is 11.4. The zero-order valence-electron chi connectivity index (χ0n) is 16.1. The van der Waals surface area contributed by atoms with Crippen LogP contribution in [0.3, 0.4) is 0 Å². The van der Waals surface area contributed by atoms with Crippen LogP contribution in [0.4, 0.5) is 0 Å². The summed E-state index contributed by atoms with van der Waals surface area (Å²) in [6, 6.07) is 12.2. The maximum Gasteiger partial charge on any atom is 0.336 e. The van der Waals surface area contributed by atoms with Gasteiger partial charge in [-0.25, -0.2) is 4.79 Å². The first-order valence-corrected chi connectivity index (χ1v) is 8.49. The largest absolute Gasteiger partial charge is 0.497 e. The molecule has 0 aliphatic heterocycles. The third-order valence-electron chi connectivity index (χ3n) is 3.95. The molecule has 0 aromatic heterocycles. The summed E-state index contributed by atoms with van der Waals surface area (Å²) in [5.41, 5.74) is 1.42. The second-order valence-corrected chi connectivity index (χ2v) is 6.15. The molecule has 0 saturated heterocycles. The number of rotatable bonds is 9. The molecule has 0 aliphatic carbocycles. The third-order valence-corrected chi connectivity index (χ3v) is 3.95. The lowest BCUT2D eigenvalue weighted by atomic mass is 10.0. The molecule has 0 heterocycles. The van der Waals surface area contributed by atoms with Crippen molar-refractivity contribution in [2.45, 2.75) is 0 Å². The minimum atomic E-state index is -1.02. The van der Waals surface area contributed by atoms with E-state index in [0.717, 1.165) is 6.54 Å². The molecule has 27 heavy (non-hydrogen) atoms. The number of aliphatic carboxylic acids is 1. The molecule has 0 fully saturated rings. The van der Waals surface area contributed by atoms with Crippen LogP contribution < -0.4 is 14.2 Å². The summed E-state index contributed by atoms with van der Waals surface area (Å²) in [6.07, 6.45) is 1.61. The van der Waals surface area contributed by atoms with Crippen LogP contribution >= 0.6 is 0 Å². The van der Waals surface area contributed by atoms with E-state index in [1.54, 1.807) is 62.8 Å². The molecule has 0 amide bonds. The summed E-state index contributed by atoms with van der Waals surface area (Å²) in [4.78, 5) is 13.8. The maximum atomic E-state index is 11.8. The van der Waals surface area contributed by atoms with Gasteiger partial charge < -0.3 is 24.2 Å². The zero-order chi connectivity index (χ0) is 19.8. The summed E-state index contributed by atoms with van der Waals surface area (Å²) in [5.74, 6) is 0.868. The molecule has 0 unspecified atom stereocenters. The average molecular weight is 371 g/mol. The van der Waals surface area contributed by atoms with Crippen LogP contribution in [0.1, 0.15) is 11.1 Å². The number of ether oxygens (including phenoxy) is 3. The van der Waals surface area contributed by atoms with Gasteiger partial charge in [-0.15, -0.1) is 0 Å². The molecule has 0 saturated carbocycles. The van der Waals surface area contributed by atoms with Gasteiger partial charge in [0.05, 0.1) is 19.8 Å². The second kappa shape index (κ2) is 9.64. The van der Waals surface area contributed by atoms with Gasteiger partial charge in [-0.1, -0.05) is 12.1 Å². The van der Waals surface area contributed by atoms with Crippen LogP contribution in [0.25, 0.3) is 11.6 Å². The van der Waals surface area contributed by atoms with Crippen molar-refractivity contribution in [2.75, 3.05) is 41.5 Å². The summed E-state index contributed by atoms with van der Waals surface area (Å²) in [5, 5.41) is 9.68. The van der Waals surface area contributed by atoms with Gasteiger partial charge in [-0.3, -0.25) is 0 Å². The van der Waals surface area contributed by atoms with E-state index in [0.29, 0.717) is 35.0 Å². The van der Waals surface area contributed by atoms with Crippen molar-refractivity contribution in [1.29, 1.82) is 0 Å². The molecule has 2 aromatic carbocycles. The lowest BCUT2D eigenvalue weighted by Crippen LogP contribution is -2.19. The molecule has 0 aliphatic rings. The van der Waals surface area contributed by atoms with Crippen molar-refractivity contribution in [1.82, 2.24) is 4.90 Å². The first kappa shape index (κ1) is 20.3. The molecule has 0 radical (unpaired) electrons. The molecule has 1 N–H and O–H groups in total. The van der Waals surface area contributed by atoms with Gasteiger partial charge in [0.25, 0.3) is 0 Å². The van der Waals surface area contributed by atoms with Gasteiger partial charge in [0.15, 0.2) is 0 Å². The van der Waals surface area contributed by atoms with E-state index in [-0.39, 0.29) is 5.57 Å². The second-order valence-electron chi connectivity index (χ2n) is 6.15. The number of methoxy groups -OCH3 is 2. The van der Waals surface area contributed by atoms with Gasteiger partial charge in [0.2, 0.25) is 0 Å². The van der Waals surface area contributed by atoms with E-state index >= 15 is 0 Å². The van der Waals surface area contributed by atoms with Crippen molar-refractivity contribution in [2.24, 2.45) is 0 Å². The van der Waals surface area contributed by atoms with Gasteiger partial charge in [-0.05, 0) is 50.0 Å². The Bertz CT molecular complexity index is 797. The van der Waals surface area contributed by atoms with Crippen LogP contribution in [0.15, 0.2) is 42.5 Å². The van der Waals surface area contributed by atoms with Crippen molar-refractivity contribution >= 4 is 17.6 Å². The van der Waals surface area contributed by atoms with Gasteiger partial charge >= 0.3 is 5.97 Å². The maximum absolute atomic E-state index is 11.8. The lowest BCUT2D eigenvalue weighted by Gasteiger charge is -2.14. The third kappa shape index (κ3) is 5.76. The Hall–Kier alpha value is -2.99. The Morgan fingerprint density at radius 1 is 1.04 bits per heavy atom. The molecule has 0 spiro atoms. The topological polar surface area (TPSA) is 68.2 Å². The molecule has 2 rings (SSSR count). The van der Waals surface area contributed by atoms with E-state index in [1.807, 2.05) is 19.0 Å². The van der Waals surface area contributed by atoms with Crippen LogP contribution in [0.2, 0.25) is 0 Å². The van der Waals surface area contributed by atoms with E-state index in [9.17, 15) is 9.90 Å². The number of likely N-dealkylation sites (N-methyl/N-ethyl adjacent to an activating group) is 1. The predicted octanol–water partition coefficient (Wildman–Crippen LogP) is 3.27. The lowest BCUT2D eigenvalue weighted by molar-refractivity contribution is -0.130. The Morgan fingerprint density at radius 2 is 1.67 bits per heavy atom. The summed E-state index contributed by atoms with van der Waals surface area (Å²) in [7, 11) is 7.07. The summed E-state index contributed by atoms with van der Waals surface area (Å²) < 4.78 is 16.3. The number of hydrogen-bond donors (Lipinski definition) is 1. The van der Waals surface area contributed by atoms with Crippen LogP contribution in [0.5, 0.6) is 17.2 Å². The highest BCUT2D eigenvalue weighted by molar-refractivity contribution is 6.20. The van der Waals surface area contributed by atoms with Gasteiger partial charge in [-0.2, -0.15) is 0 Å². The summed E-state index contributed by atoms with van der Waals surface area (Å²) >= 11 is 0. The minimum Gasteiger partial charge on any atom is -0.497 e. The molecule has 0 bridgehead atoms. The minimum absolute atomic E-state index is 0.167. The number of benzene rings is 2. The fourth-order valence-electron chi connectivity index (χ4n) is 2.42. The smallest absolute Gasteiger partial charge is 0.336 e. The van der Waals surface area contributed by atoms with Gasteiger partial charge in [0.1, 0.15) is 23.9 Å². The quantitative estimate of drug-likeness (QED) is 0.539. The number of carboxylic acids is 1. The molecule has 2 aromatic rings. The SMILES string of the molecule is COc1ccc(/C(=C/c2ccc(OC)cc2OCCN(C)C)C(=O)O)cc1. The fourth-order valence-corrected chi connectivity index (χ4v) is 2.42. The number of carboxylic acid groups (broad SMARTS) is 1. The number of nitrogens with zero attached hydrogens (tertiary/aromatic N) is 1. The van der Waals surface area contributed by atoms with Crippen molar-refractivity contribution in [3.63, 3.8) is 0 Å².